The molecule has 2 rings (SSSR count). The highest BCUT2D eigenvalue weighted by molar-refractivity contribution is 5.84. The van der Waals surface area contributed by atoms with Gasteiger partial charge in [0, 0.05) is 25.2 Å². The number of hydrogen-bond donors (Lipinski definition) is 2. The number of carbonyl (C=O) groups excluding carboxylic acids is 1. The summed E-state index contributed by atoms with van der Waals surface area (Å²) < 4.78 is 41.7. The average molecular weight is 275 g/mol. The second-order valence-corrected chi connectivity index (χ2v) is 3.99. The summed E-state index contributed by atoms with van der Waals surface area (Å²) in [6, 6.07) is 1.98. The molecule has 1 aromatic carbocycles. The first-order chi connectivity index (χ1) is 8.97. The van der Waals surface area contributed by atoms with E-state index in [-0.39, 0.29) is 18.1 Å². The molecule has 0 saturated carbocycles. The molecule has 1 heterocycles. The van der Waals surface area contributed by atoms with E-state index in [0.29, 0.717) is 18.8 Å². The molecular weight excluding hydrogens is 263 g/mol. The maximum atomic E-state index is 13.4. The molecule has 3 N–H and O–H groups in total. The molecule has 1 aliphatic rings. The summed E-state index contributed by atoms with van der Waals surface area (Å²) in [7, 11) is 0. The maximum Gasteiger partial charge on any atom is 0.387 e. The maximum absolute atomic E-state index is 13.4. The van der Waals surface area contributed by atoms with Gasteiger partial charge in [-0.2, -0.15) is 8.78 Å². The lowest BCUT2D eigenvalue weighted by Gasteiger charge is -2.29. The first kappa shape index (κ1) is 13.3. The Hall–Kier alpha value is -2.12. The van der Waals surface area contributed by atoms with Gasteiger partial charge in [0.2, 0.25) is 5.91 Å². The number of amides is 1. The molecule has 0 aliphatic carbocycles. The highest BCUT2D eigenvalue weighted by atomic mass is 19.3. The zero-order valence-corrected chi connectivity index (χ0v) is 9.83. The minimum absolute atomic E-state index is 0.0317. The molecule has 1 aliphatic heterocycles. The molecule has 1 fully saturated rings. The van der Waals surface area contributed by atoms with Gasteiger partial charge in [-0.25, -0.2) is 4.39 Å². The normalized spacial score (nSPS) is 15.6. The van der Waals surface area contributed by atoms with Crippen molar-refractivity contribution in [1.82, 2.24) is 5.32 Å². The van der Waals surface area contributed by atoms with Crippen LogP contribution in [0.4, 0.5) is 24.5 Å². The molecule has 0 bridgehead atoms. The highest BCUT2D eigenvalue weighted by Crippen LogP contribution is 2.32. The second kappa shape index (κ2) is 5.25. The Morgan fingerprint density at radius 1 is 1.42 bits per heavy atom. The molecule has 19 heavy (non-hydrogen) atoms. The predicted octanol–water partition coefficient (Wildman–Crippen LogP) is 0.945. The van der Waals surface area contributed by atoms with Crippen LogP contribution in [0.1, 0.15) is 0 Å². The Balaban J connectivity index is 2.31. The Labute approximate surface area is 107 Å². The van der Waals surface area contributed by atoms with E-state index >= 15 is 0 Å². The van der Waals surface area contributed by atoms with Crippen molar-refractivity contribution in [3.8, 4) is 5.75 Å². The van der Waals surface area contributed by atoms with E-state index in [1.807, 2.05) is 0 Å². The van der Waals surface area contributed by atoms with Crippen LogP contribution in [0.2, 0.25) is 0 Å². The third kappa shape index (κ3) is 3.01. The van der Waals surface area contributed by atoms with Crippen molar-refractivity contribution in [3.05, 3.63) is 17.9 Å². The van der Waals surface area contributed by atoms with Crippen molar-refractivity contribution in [2.45, 2.75) is 6.61 Å². The van der Waals surface area contributed by atoms with Gasteiger partial charge in [0.1, 0.15) is 0 Å². The van der Waals surface area contributed by atoms with Gasteiger partial charge in [-0.15, -0.1) is 0 Å². The molecule has 104 valence electrons. The molecule has 1 aromatic rings. The topological polar surface area (TPSA) is 67.6 Å². The smallest absolute Gasteiger partial charge is 0.387 e. The number of piperazine rings is 1. The lowest BCUT2D eigenvalue weighted by atomic mass is 10.2. The van der Waals surface area contributed by atoms with Crippen LogP contribution in [0.5, 0.6) is 5.75 Å². The van der Waals surface area contributed by atoms with E-state index in [4.69, 9.17) is 5.73 Å². The Morgan fingerprint density at radius 2 is 2.16 bits per heavy atom. The van der Waals surface area contributed by atoms with Crippen LogP contribution in [-0.4, -0.2) is 32.2 Å². The SMILES string of the molecule is Nc1cc(F)c(OC(F)F)cc1N1CCNC(=O)C1. The number of nitrogen functional groups attached to an aromatic ring is 1. The monoisotopic (exact) mass is 275 g/mol. The van der Waals surface area contributed by atoms with Crippen LogP contribution in [-0.2, 0) is 4.79 Å². The van der Waals surface area contributed by atoms with Gasteiger partial charge in [0.05, 0.1) is 17.9 Å². The van der Waals surface area contributed by atoms with Gasteiger partial charge in [-0.05, 0) is 0 Å². The van der Waals surface area contributed by atoms with Crippen molar-refractivity contribution in [2.75, 3.05) is 30.3 Å². The van der Waals surface area contributed by atoms with Crippen molar-refractivity contribution in [1.29, 1.82) is 0 Å². The molecule has 1 amide bonds. The van der Waals surface area contributed by atoms with Gasteiger partial charge < -0.3 is 20.7 Å². The van der Waals surface area contributed by atoms with Crippen molar-refractivity contribution in [2.24, 2.45) is 0 Å². The van der Waals surface area contributed by atoms with E-state index in [1.165, 1.54) is 0 Å². The summed E-state index contributed by atoms with van der Waals surface area (Å²) in [6.07, 6.45) is 0. The van der Waals surface area contributed by atoms with Gasteiger partial charge in [0.15, 0.2) is 11.6 Å². The van der Waals surface area contributed by atoms with E-state index < -0.39 is 18.2 Å². The summed E-state index contributed by atoms with van der Waals surface area (Å²) in [5.41, 5.74) is 6.00. The first-order valence-corrected chi connectivity index (χ1v) is 5.53. The number of benzene rings is 1. The van der Waals surface area contributed by atoms with Crippen LogP contribution in [0, 0.1) is 5.82 Å². The number of rotatable bonds is 3. The number of nitrogens with zero attached hydrogens (tertiary/aromatic N) is 1. The quantitative estimate of drug-likeness (QED) is 0.806. The zero-order chi connectivity index (χ0) is 14.0. The third-order valence-electron chi connectivity index (χ3n) is 2.68. The van der Waals surface area contributed by atoms with E-state index in [0.717, 1.165) is 12.1 Å². The van der Waals surface area contributed by atoms with Crippen LogP contribution >= 0.6 is 0 Å². The second-order valence-electron chi connectivity index (χ2n) is 3.99. The molecule has 5 nitrogen and oxygen atoms in total. The minimum atomic E-state index is -3.13. The number of nitrogens with two attached hydrogens (primary N) is 1. The summed E-state index contributed by atoms with van der Waals surface area (Å²) in [5.74, 6) is -1.78. The number of hydrogen-bond acceptors (Lipinski definition) is 4. The largest absolute Gasteiger partial charge is 0.432 e. The van der Waals surface area contributed by atoms with E-state index in [1.54, 1.807) is 4.90 Å². The minimum Gasteiger partial charge on any atom is -0.432 e. The Bertz CT molecular complexity index is 496. The van der Waals surface area contributed by atoms with Gasteiger partial charge >= 0.3 is 6.61 Å². The fourth-order valence-corrected chi connectivity index (χ4v) is 1.86. The highest BCUT2D eigenvalue weighted by Gasteiger charge is 2.21. The molecule has 8 heteroatoms. The first-order valence-electron chi connectivity index (χ1n) is 5.53. The Kier molecular flexibility index (Phi) is 3.68. The number of halogens is 3. The van der Waals surface area contributed by atoms with Crippen LogP contribution in [0.3, 0.4) is 0 Å². The molecule has 0 atom stereocenters. The molecule has 1 saturated heterocycles. The van der Waals surface area contributed by atoms with Crippen LogP contribution in [0.15, 0.2) is 12.1 Å². The van der Waals surface area contributed by atoms with Crippen LogP contribution < -0.4 is 20.7 Å². The molecule has 0 spiro atoms. The molecule has 0 unspecified atom stereocenters. The van der Waals surface area contributed by atoms with Crippen molar-refractivity contribution >= 4 is 17.3 Å². The summed E-state index contributed by atoms with van der Waals surface area (Å²) >= 11 is 0. The summed E-state index contributed by atoms with van der Waals surface area (Å²) in [4.78, 5) is 12.8. The zero-order valence-electron chi connectivity index (χ0n) is 9.83. The molecule has 0 aromatic heterocycles. The Morgan fingerprint density at radius 3 is 2.79 bits per heavy atom. The van der Waals surface area contributed by atoms with Crippen molar-refractivity contribution < 1.29 is 22.7 Å². The van der Waals surface area contributed by atoms with E-state index in [2.05, 4.69) is 10.1 Å². The van der Waals surface area contributed by atoms with Crippen molar-refractivity contribution in [3.63, 3.8) is 0 Å². The summed E-state index contributed by atoms with van der Waals surface area (Å²) in [6.45, 7) is -2.24. The molecule has 0 radical (unpaired) electrons. The number of ether oxygens (including phenoxy) is 1. The number of carbonyl (C=O) groups is 1. The third-order valence-corrected chi connectivity index (χ3v) is 2.68. The average Bonchev–Trinajstić information content (AvgIpc) is 2.32. The number of alkyl halides is 2. The fraction of sp³-hybridized carbons (Fsp3) is 0.364. The molecular formula is C11H12F3N3O2. The van der Waals surface area contributed by atoms with E-state index in [9.17, 15) is 18.0 Å². The van der Waals surface area contributed by atoms with Crippen LogP contribution in [0.25, 0.3) is 0 Å². The predicted molar refractivity (Wildman–Crippen MR) is 62.7 cm³/mol. The summed E-state index contributed by atoms with van der Waals surface area (Å²) in [5, 5.41) is 2.61. The fourth-order valence-electron chi connectivity index (χ4n) is 1.86. The lowest BCUT2D eigenvalue weighted by molar-refractivity contribution is -0.120. The van der Waals surface area contributed by atoms with Gasteiger partial charge in [-0.1, -0.05) is 0 Å². The number of nitrogens with one attached hydrogen (secondary N) is 1. The van der Waals surface area contributed by atoms with Gasteiger partial charge in [0.25, 0.3) is 0 Å². The van der Waals surface area contributed by atoms with Gasteiger partial charge in [-0.3, -0.25) is 4.79 Å². The lowest BCUT2D eigenvalue weighted by Crippen LogP contribution is -2.47. The standard InChI is InChI=1S/C11H12F3N3O2/c12-6-3-7(15)8(4-9(6)19-11(13)14)17-2-1-16-10(18)5-17/h3-4,11H,1-2,5,15H2,(H,16,18). The number of anilines is 2.